The number of hydrogen-bond donors (Lipinski definition) is 0. The van der Waals surface area contributed by atoms with Gasteiger partial charge < -0.3 is 9.47 Å². The quantitative estimate of drug-likeness (QED) is 0.177. The van der Waals surface area contributed by atoms with Crippen LogP contribution in [0.5, 0.6) is 0 Å². The molecule has 37 heavy (non-hydrogen) atoms. The van der Waals surface area contributed by atoms with Crippen LogP contribution in [-0.2, 0) is 16.6 Å². The van der Waals surface area contributed by atoms with E-state index in [-0.39, 0.29) is 28.7 Å². The number of hydrogen-bond acceptors (Lipinski definition) is 9. The van der Waals surface area contributed by atoms with Crippen LogP contribution in [0.3, 0.4) is 0 Å². The summed E-state index contributed by atoms with van der Waals surface area (Å²) in [5.41, 5.74) is 1.41. The van der Waals surface area contributed by atoms with Gasteiger partial charge in [-0.15, -0.1) is 12.4 Å². The van der Waals surface area contributed by atoms with Crippen LogP contribution in [0.15, 0.2) is 71.4 Å². The first kappa shape index (κ1) is 27.1. The Morgan fingerprint density at radius 3 is 2.70 bits per heavy atom. The van der Waals surface area contributed by atoms with Crippen molar-refractivity contribution in [1.29, 1.82) is 5.26 Å². The van der Waals surface area contributed by atoms with E-state index >= 15 is 0 Å². The number of aromatic nitrogens is 4. The first-order valence-corrected chi connectivity index (χ1v) is 12.0. The molecule has 0 bridgehead atoms. The SMILES string of the molecule is CN(CCn1ccnc1)c1ccc([N+](=O)[O-])cc1S(=O)(=O)N(C)/N=C/c1cnn2ccc(C#N)cc12.Cl. The Balaban J connectivity index is 0.00000380. The van der Waals surface area contributed by atoms with Crippen molar-refractivity contribution in [2.24, 2.45) is 5.10 Å². The molecular weight excluding hydrogens is 522 g/mol. The lowest BCUT2D eigenvalue weighted by Gasteiger charge is -2.24. The number of fused-ring (bicyclic) bond motifs is 1. The van der Waals surface area contributed by atoms with E-state index in [0.29, 0.717) is 29.7 Å². The number of halogens is 1. The average Bonchev–Trinajstić information content (AvgIpc) is 3.54. The van der Waals surface area contributed by atoms with Crippen LogP contribution in [0.2, 0.25) is 0 Å². The summed E-state index contributed by atoms with van der Waals surface area (Å²) in [6, 6.07) is 8.95. The summed E-state index contributed by atoms with van der Waals surface area (Å²) in [5.74, 6) is 0. The van der Waals surface area contributed by atoms with Crippen LogP contribution in [0.4, 0.5) is 11.4 Å². The number of nitriles is 1. The maximum Gasteiger partial charge on any atom is 0.281 e. The zero-order valence-electron chi connectivity index (χ0n) is 19.7. The zero-order valence-corrected chi connectivity index (χ0v) is 21.4. The normalized spacial score (nSPS) is 11.3. The Kier molecular flexibility index (Phi) is 8.11. The predicted molar refractivity (Wildman–Crippen MR) is 138 cm³/mol. The molecule has 3 aromatic heterocycles. The molecule has 3 heterocycles. The summed E-state index contributed by atoms with van der Waals surface area (Å²) < 4.78 is 31.1. The predicted octanol–water partition coefficient (Wildman–Crippen LogP) is 2.52. The Labute approximate surface area is 218 Å². The number of benzene rings is 1. The van der Waals surface area contributed by atoms with Crippen molar-refractivity contribution in [2.75, 3.05) is 25.5 Å². The molecule has 0 N–H and O–H groups in total. The van der Waals surface area contributed by atoms with Crippen molar-refractivity contribution in [2.45, 2.75) is 11.4 Å². The van der Waals surface area contributed by atoms with Gasteiger partial charge in [0.25, 0.3) is 15.7 Å². The molecule has 0 spiro atoms. The lowest BCUT2D eigenvalue weighted by molar-refractivity contribution is -0.385. The number of likely N-dealkylation sites (N-methyl/N-ethyl adjacent to an activating group) is 1. The smallest absolute Gasteiger partial charge is 0.281 e. The summed E-state index contributed by atoms with van der Waals surface area (Å²) in [7, 11) is -1.33. The van der Waals surface area contributed by atoms with Gasteiger partial charge in [0.15, 0.2) is 0 Å². The largest absolute Gasteiger partial charge is 0.372 e. The van der Waals surface area contributed by atoms with Crippen LogP contribution in [0, 0.1) is 21.4 Å². The fourth-order valence-corrected chi connectivity index (χ4v) is 4.67. The molecule has 0 fully saturated rings. The fourth-order valence-electron chi connectivity index (χ4n) is 3.46. The van der Waals surface area contributed by atoms with Crippen molar-refractivity contribution in [3.8, 4) is 6.07 Å². The van der Waals surface area contributed by atoms with Gasteiger partial charge in [0.05, 0.1) is 46.5 Å². The van der Waals surface area contributed by atoms with Crippen molar-refractivity contribution < 1.29 is 13.3 Å². The van der Waals surface area contributed by atoms with E-state index in [9.17, 15) is 18.5 Å². The zero-order chi connectivity index (χ0) is 25.9. The first-order valence-electron chi connectivity index (χ1n) is 10.6. The van der Waals surface area contributed by atoms with Crippen molar-refractivity contribution >= 4 is 45.5 Å². The number of nitro groups is 1. The van der Waals surface area contributed by atoms with Crippen LogP contribution >= 0.6 is 12.4 Å². The summed E-state index contributed by atoms with van der Waals surface area (Å²) in [4.78, 5) is 16.2. The number of hydrazone groups is 1. The van der Waals surface area contributed by atoms with Gasteiger partial charge in [0.1, 0.15) is 4.90 Å². The number of sulfonamides is 1. The highest BCUT2D eigenvalue weighted by atomic mass is 35.5. The molecule has 1 aromatic carbocycles. The molecule has 0 atom stereocenters. The monoisotopic (exact) mass is 543 g/mol. The van der Waals surface area contributed by atoms with E-state index in [2.05, 4.69) is 15.2 Å². The molecule has 0 aliphatic carbocycles. The van der Waals surface area contributed by atoms with Crippen molar-refractivity contribution in [3.63, 3.8) is 0 Å². The molecule has 192 valence electrons. The topological polar surface area (TPSA) is 155 Å². The number of anilines is 1. The van der Waals surface area contributed by atoms with Gasteiger partial charge in [-0.3, -0.25) is 10.1 Å². The van der Waals surface area contributed by atoms with Crippen molar-refractivity contribution in [1.82, 2.24) is 23.6 Å². The Hall–Kier alpha value is -4.48. The van der Waals surface area contributed by atoms with Crippen LogP contribution < -0.4 is 4.90 Å². The maximum absolute atomic E-state index is 13.5. The minimum Gasteiger partial charge on any atom is -0.372 e. The van der Waals surface area contributed by atoms with E-state index in [1.54, 1.807) is 49.0 Å². The standard InChI is InChI=1S/C22H21N9O4S.ClH/c1-27(9-10-29-8-6-24-16-29)20-4-3-19(31(32)33)12-22(20)36(34,35)28(2)25-14-18-15-26-30-7-5-17(13-23)11-21(18)30;/h3-8,11-12,14-16H,9-10H2,1-2H3;1H/b25-14+;. The van der Waals surface area contributed by atoms with Gasteiger partial charge in [-0.05, 0) is 18.2 Å². The second-order valence-electron chi connectivity index (χ2n) is 7.77. The summed E-state index contributed by atoms with van der Waals surface area (Å²) in [5, 5.41) is 28.8. The molecule has 15 heteroatoms. The highest BCUT2D eigenvalue weighted by Gasteiger charge is 2.27. The molecule has 13 nitrogen and oxygen atoms in total. The molecule has 0 unspecified atom stereocenters. The number of non-ortho nitro benzene ring substituents is 1. The van der Waals surface area contributed by atoms with Crippen LogP contribution in [0.1, 0.15) is 11.1 Å². The van der Waals surface area contributed by atoms with Gasteiger partial charge in [-0.25, -0.2) is 9.50 Å². The molecular formula is C22H22ClN9O4S. The minimum absolute atomic E-state index is 0. The van der Waals surface area contributed by atoms with Gasteiger partial charge in [0.2, 0.25) is 0 Å². The van der Waals surface area contributed by atoms with E-state index in [0.717, 1.165) is 10.5 Å². The van der Waals surface area contributed by atoms with Crippen LogP contribution in [0.25, 0.3) is 5.52 Å². The maximum atomic E-state index is 13.5. The second-order valence-corrected chi connectivity index (χ2v) is 9.69. The number of nitrogens with zero attached hydrogens (tertiary/aromatic N) is 9. The summed E-state index contributed by atoms with van der Waals surface area (Å²) in [6.07, 6.45) is 9.47. The Morgan fingerprint density at radius 2 is 2.03 bits per heavy atom. The summed E-state index contributed by atoms with van der Waals surface area (Å²) >= 11 is 0. The molecule has 0 saturated carbocycles. The third-order valence-corrected chi connectivity index (χ3v) is 7.16. The molecule has 0 aliphatic heterocycles. The Morgan fingerprint density at radius 1 is 1.24 bits per heavy atom. The molecule has 0 saturated heterocycles. The Bertz CT molecular complexity index is 1590. The third kappa shape index (κ3) is 5.68. The molecule has 4 rings (SSSR count). The van der Waals surface area contributed by atoms with Gasteiger partial charge in [-0.2, -0.15) is 28.3 Å². The molecule has 0 radical (unpaired) electrons. The molecule has 0 amide bonds. The van der Waals surface area contributed by atoms with E-state index in [1.165, 1.54) is 36.1 Å². The fraction of sp³-hybridized carbons (Fsp3) is 0.182. The van der Waals surface area contributed by atoms with E-state index in [4.69, 9.17) is 5.26 Å². The van der Waals surface area contributed by atoms with Crippen molar-refractivity contribution in [3.05, 3.63) is 82.7 Å². The second kappa shape index (κ2) is 11.1. The summed E-state index contributed by atoms with van der Waals surface area (Å²) in [6.45, 7) is 0.952. The van der Waals surface area contributed by atoms with Gasteiger partial charge >= 0.3 is 0 Å². The number of rotatable bonds is 9. The molecule has 0 aliphatic rings. The number of pyridine rings is 1. The van der Waals surface area contributed by atoms with E-state index in [1.807, 2.05) is 10.6 Å². The van der Waals surface area contributed by atoms with E-state index < -0.39 is 14.9 Å². The first-order chi connectivity index (χ1) is 17.2. The average molecular weight is 544 g/mol. The minimum atomic E-state index is -4.27. The molecule has 4 aromatic rings. The van der Waals surface area contributed by atoms with Gasteiger partial charge in [0, 0.05) is 63.5 Å². The van der Waals surface area contributed by atoms with Crippen LogP contribution in [-0.4, -0.2) is 63.8 Å². The highest BCUT2D eigenvalue weighted by Crippen LogP contribution is 2.31. The lowest BCUT2D eigenvalue weighted by atomic mass is 10.2. The van der Waals surface area contributed by atoms with Gasteiger partial charge in [-0.1, -0.05) is 0 Å². The number of imidazole rings is 1. The lowest BCUT2D eigenvalue weighted by Crippen LogP contribution is -2.28. The number of nitro benzene ring substituents is 1. The highest BCUT2D eigenvalue weighted by molar-refractivity contribution is 7.89. The third-order valence-electron chi connectivity index (χ3n) is 5.48.